The van der Waals surface area contributed by atoms with Crippen LogP contribution >= 0.6 is 11.8 Å². The fraction of sp³-hybridized carbons (Fsp3) is 0.190. The number of sulfone groups is 1. The quantitative estimate of drug-likeness (QED) is 0.502. The van der Waals surface area contributed by atoms with Gasteiger partial charge in [0.1, 0.15) is 11.5 Å². The summed E-state index contributed by atoms with van der Waals surface area (Å²) in [6.45, 7) is 3.47. The second-order valence-corrected chi connectivity index (χ2v) is 10.2. The van der Waals surface area contributed by atoms with Gasteiger partial charge in [-0.3, -0.25) is 10.2 Å². The molecule has 0 fully saturated rings. The lowest BCUT2D eigenvalue weighted by Gasteiger charge is -2.19. The van der Waals surface area contributed by atoms with E-state index in [1.165, 1.54) is 13.0 Å². The van der Waals surface area contributed by atoms with Crippen LogP contribution in [0.3, 0.4) is 0 Å². The maximum Gasteiger partial charge on any atom is 0.338 e. The molecule has 4 rings (SSSR count). The number of hydrogen-bond acceptors (Lipinski definition) is 9. The summed E-state index contributed by atoms with van der Waals surface area (Å²) in [5.41, 5.74) is 0.906. The van der Waals surface area contributed by atoms with Crippen molar-refractivity contribution in [1.82, 2.24) is 5.01 Å². The Labute approximate surface area is 193 Å². The first kappa shape index (κ1) is 22.7. The summed E-state index contributed by atoms with van der Waals surface area (Å²) in [5, 5.41) is 13.3. The van der Waals surface area contributed by atoms with Crippen LogP contribution < -0.4 is 0 Å². The zero-order valence-electron chi connectivity index (χ0n) is 17.6. The molecule has 1 aromatic carbocycles. The van der Waals surface area contributed by atoms with E-state index in [-0.39, 0.29) is 39.1 Å². The number of thioether (sulfide) groups is 1. The Kier molecular flexibility index (Phi) is 6.04. The number of amides is 1. The van der Waals surface area contributed by atoms with Crippen molar-refractivity contribution in [2.75, 3.05) is 12.4 Å². The van der Waals surface area contributed by atoms with Gasteiger partial charge in [-0.2, -0.15) is 10.0 Å². The first-order valence-electron chi connectivity index (χ1n) is 9.84. The second-order valence-electron chi connectivity index (χ2n) is 6.79. The normalized spacial score (nSPS) is 17.2. The summed E-state index contributed by atoms with van der Waals surface area (Å²) in [5.74, 6) is -0.895. The number of fused-ring (bicyclic) bond motifs is 1. The maximum atomic E-state index is 12.5. The predicted octanol–water partition coefficient (Wildman–Crippen LogP) is 3.13. The number of aliphatic imine (C=N–C) groups is 1. The molecule has 0 spiro atoms. The van der Waals surface area contributed by atoms with E-state index in [1.54, 1.807) is 43.3 Å². The standard InChI is InChI=1S/C21H18N4O6S2/c1-3-30-19(27)13-7-5-6-12(10-13)16-9-8-14(31-16)11-15-17(22)25-20(23-18(15)26)32-21(24-25)33(28,29)4-2/h5-11,22H,3-4H2,1-2H3/b15-11-,22-17?. The van der Waals surface area contributed by atoms with Crippen molar-refractivity contribution in [1.29, 1.82) is 5.41 Å². The van der Waals surface area contributed by atoms with Crippen molar-refractivity contribution in [2.24, 2.45) is 10.1 Å². The fourth-order valence-corrected chi connectivity index (χ4v) is 5.13. The lowest BCUT2D eigenvalue weighted by Crippen LogP contribution is -2.35. The topological polar surface area (TPSA) is 142 Å². The van der Waals surface area contributed by atoms with Crippen LogP contribution in [0, 0.1) is 5.41 Å². The fourth-order valence-electron chi connectivity index (χ4n) is 2.97. The molecule has 1 amide bonds. The molecule has 2 aliphatic rings. The maximum absolute atomic E-state index is 12.5. The molecule has 12 heteroatoms. The summed E-state index contributed by atoms with van der Waals surface area (Å²) < 4.78 is 34.8. The van der Waals surface area contributed by atoms with Gasteiger partial charge in [0.25, 0.3) is 5.91 Å². The minimum Gasteiger partial charge on any atom is -0.462 e. The zero-order valence-corrected chi connectivity index (χ0v) is 19.2. The Hall–Kier alpha value is -3.51. The van der Waals surface area contributed by atoms with E-state index in [9.17, 15) is 18.0 Å². The van der Waals surface area contributed by atoms with Gasteiger partial charge in [-0.05, 0) is 49.0 Å². The lowest BCUT2D eigenvalue weighted by molar-refractivity contribution is -0.114. The highest BCUT2D eigenvalue weighted by Gasteiger charge is 2.39. The van der Waals surface area contributed by atoms with Crippen LogP contribution in [0.5, 0.6) is 0 Å². The van der Waals surface area contributed by atoms with Crippen LogP contribution in [-0.4, -0.2) is 53.0 Å². The largest absolute Gasteiger partial charge is 0.462 e. The van der Waals surface area contributed by atoms with Crippen LogP contribution in [-0.2, 0) is 19.4 Å². The molecule has 1 N–H and O–H groups in total. The number of nitrogens with zero attached hydrogens (tertiary/aromatic N) is 3. The number of ether oxygens (including phenoxy) is 1. The molecule has 3 heterocycles. The van der Waals surface area contributed by atoms with E-state index in [4.69, 9.17) is 14.6 Å². The van der Waals surface area contributed by atoms with Gasteiger partial charge in [0.2, 0.25) is 19.4 Å². The van der Waals surface area contributed by atoms with Gasteiger partial charge in [0.15, 0.2) is 5.84 Å². The number of rotatable bonds is 5. The molecule has 0 bridgehead atoms. The molecule has 2 aliphatic heterocycles. The van der Waals surface area contributed by atoms with Crippen molar-refractivity contribution >= 4 is 54.9 Å². The molecule has 0 radical (unpaired) electrons. The molecule has 0 aliphatic carbocycles. The number of amidine groups is 2. The van der Waals surface area contributed by atoms with Crippen molar-refractivity contribution in [2.45, 2.75) is 13.8 Å². The number of benzene rings is 1. The van der Waals surface area contributed by atoms with Crippen LogP contribution in [0.15, 0.2) is 56.5 Å². The molecule has 33 heavy (non-hydrogen) atoms. The Morgan fingerprint density at radius 1 is 1.27 bits per heavy atom. The molecule has 0 saturated carbocycles. The summed E-state index contributed by atoms with van der Waals surface area (Å²) >= 11 is 0.738. The first-order valence-corrected chi connectivity index (χ1v) is 12.3. The van der Waals surface area contributed by atoms with Gasteiger partial charge >= 0.3 is 5.97 Å². The third-order valence-electron chi connectivity index (χ3n) is 4.65. The minimum atomic E-state index is -3.60. The number of carbonyl (C=O) groups is 2. The molecular formula is C21H18N4O6S2. The highest BCUT2D eigenvalue weighted by Crippen LogP contribution is 2.31. The lowest BCUT2D eigenvalue weighted by atomic mass is 10.1. The van der Waals surface area contributed by atoms with Crippen LogP contribution in [0.4, 0.5) is 0 Å². The van der Waals surface area contributed by atoms with Gasteiger partial charge in [-0.25, -0.2) is 13.2 Å². The Morgan fingerprint density at radius 2 is 2.06 bits per heavy atom. The summed E-state index contributed by atoms with van der Waals surface area (Å²) in [7, 11) is -3.60. The number of hydrogen-bond donors (Lipinski definition) is 1. The Bertz CT molecular complexity index is 1370. The number of esters is 1. The second kappa shape index (κ2) is 8.79. The molecule has 0 unspecified atom stereocenters. The SMILES string of the molecule is CCOC(=O)c1cccc(-c2ccc(/C=C3/C(=N)N4N=C(S(=O)(=O)CC)SC4=NC3=O)o2)c1. The average molecular weight is 487 g/mol. The number of hydrazone groups is 1. The molecule has 10 nitrogen and oxygen atoms in total. The highest BCUT2D eigenvalue weighted by atomic mass is 32.3. The van der Waals surface area contributed by atoms with E-state index in [0.717, 1.165) is 16.8 Å². The van der Waals surface area contributed by atoms with Gasteiger partial charge in [0.05, 0.1) is 23.5 Å². The van der Waals surface area contributed by atoms with Crippen molar-refractivity contribution in [3.63, 3.8) is 0 Å². The third-order valence-corrected chi connectivity index (χ3v) is 7.74. The smallest absolute Gasteiger partial charge is 0.338 e. The average Bonchev–Trinajstić information content (AvgIpc) is 3.45. The van der Waals surface area contributed by atoms with Gasteiger partial charge in [-0.1, -0.05) is 19.1 Å². The van der Waals surface area contributed by atoms with Crippen LogP contribution in [0.25, 0.3) is 17.4 Å². The first-order chi connectivity index (χ1) is 15.7. The predicted molar refractivity (Wildman–Crippen MR) is 125 cm³/mol. The molecule has 0 atom stereocenters. The van der Waals surface area contributed by atoms with E-state index < -0.39 is 21.7 Å². The number of nitrogens with one attached hydrogen (secondary N) is 1. The molecule has 0 saturated heterocycles. The van der Waals surface area contributed by atoms with E-state index in [1.807, 2.05) is 0 Å². The van der Waals surface area contributed by atoms with E-state index >= 15 is 0 Å². The Morgan fingerprint density at radius 3 is 2.79 bits per heavy atom. The van der Waals surface area contributed by atoms with Crippen molar-refractivity contribution in [3.8, 4) is 11.3 Å². The van der Waals surface area contributed by atoms with Crippen LogP contribution in [0.2, 0.25) is 0 Å². The van der Waals surface area contributed by atoms with E-state index in [2.05, 4.69) is 10.1 Å². The summed E-state index contributed by atoms with van der Waals surface area (Å²) in [6, 6.07) is 9.99. The third kappa shape index (κ3) is 4.39. The number of furan rings is 1. The van der Waals surface area contributed by atoms with Gasteiger partial charge < -0.3 is 9.15 Å². The molecular weight excluding hydrogens is 468 g/mol. The Balaban J connectivity index is 1.62. The number of carbonyl (C=O) groups excluding carboxylic acids is 2. The molecule has 170 valence electrons. The summed E-state index contributed by atoms with van der Waals surface area (Å²) in [4.78, 5) is 28.3. The monoisotopic (exact) mass is 486 g/mol. The van der Waals surface area contributed by atoms with Crippen molar-refractivity contribution < 1.29 is 27.2 Å². The minimum absolute atomic E-state index is 0.0186. The van der Waals surface area contributed by atoms with E-state index in [0.29, 0.717) is 16.9 Å². The molecule has 2 aromatic rings. The van der Waals surface area contributed by atoms with Crippen LogP contribution in [0.1, 0.15) is 30.0 Å². The molecule has 1 aromatic heterocycles. The van der Waals surface area contributed by atoms with Gasteiger partial charge in [0, 0.05) is 5.56 Å². The van der Waals surface area contributed by atoms with Crippen molar-refractivity contribution in [3.05, 3.63) is 53.3 Å². The highest BCUT2D eigenvalue weighted by molar-refractivity contribution is 8.42. The van der Waals surface area contributed by atoms with Gasteiger partial charge in [-0.15, -0.1) is 5.10 Å². The summed E-state index contributed by atoms with van der Waals surface area (Å²) in [6.07, 6.45) is 1.34. The zero-order chi connectivity index (χ0) is 23.8.